The van der Waals surface area contributed by atoms with Crippen LogP contribution in [0.3, 0.4) is 0 Å². The molecule has 92 valence electrons. The zero-order valence-electron chi connectivity index (χ0n) is 9.28. The Hall–Kier alpha value is -0.650. The molecule has 0 aromatic rings. The highest BCUT2D eigenvalue weighted by Gasteiger charge is 2.57. The predicted molar refractivity (Wildman–Crippen MR) is 55.1 cm³/mol. The monoisotopic (exact) mass is 230 g/mol. The highest BCUT2D eigenvalue weighted by atomic mass is 16.5. The van der Waals surface area contributed by atoms with Crippen LogP contribution in [0.2, 0.25) is 0 Å². The summed E-state index contributed by atoms with van der Waals surface area (Å²) in [7, 11) is 0. The number of carboxylic acids is 1. The Morgan fingerprint density at radius 1 is 1.06 bits per heavy atom. The fourth-order valence-corrected chi connectivity index (χ4v) is 2.76. The normalized spacial score (nSPS) is 34.6. The van der Waals surface area contributed by atoms with E-state index < -0.39 is 17.0 Å². The Balaban J connectivity index is 2.26. The van der Waals surface area contributed by atoms with E-state index in [0.29, 0.717) is 45.5 Å². The predicted octanol–water partition coefficient (Wildman–Crippen LogP) is 0.409. The van der Waals surface area contributed by atoms with Gasteiger partial charge in [0.15, 0.2) is 0 Å². The Kier molecular flexibility index (Phi) is 3.19. The maximum absolute atomic E-state index is 11.5. The van der Waals surface area contributed by atoms with Crippen molar-refractivity contribution in [1.82, 2.24) is 0 Å². The Morgan fingerprint density at radius 3 is 2.25 bits per heavy atom. The van der Waals surface area contributed by atoms with Crippen molar-refractivity contribution in [3.05, 3.63) is 0 Å². The van der Waals surface area contributed by atoms with Crippen LogP contribution in [0.1, 0.15) is 25.7 Å². The molecule has 2 saturated heterocycles. The summed E-state index contributed by atoms with van der Waals surface area (Å²) in [6, 6.07) is 0. The second-order valence-electron chi connectivity index (χ2n) is 4.69. The Labute approximate surface area is 94.4 Å². The number of carboxylic acid groups (broad SMARTS) is 1. The minimum absolute atomic E-state index is 0.124. The van der Waals surface area contributed by atoms with Crippen molar-refractivity contribution in [1.29, 1.82) is 0 Å². The summed E-state index contributed by atoms with van der Waals surface area (Å²) in [5.74, 6) is -0.927. The van der Waals surface area contributed by atoms with Gasteiger partial charge in [0.25, 0.3) is 0 Å². The smallest absolute Gasteiger partial charge is 0.312 e. The molecule has 0 aromatic heterocycles. The summed E-state index contributed by atoms with van der Waals surface area (Å²) < 4.78 is 10.5. The van der Waals surface area contributed by atoms with Gasteiger partial charge in [-0.05, 0) is 25.7 Å². The van der Waals surface area contributed by atoms with E-state index >= 15 is 0 Å². The third-order valence-corrected chi connectivity index (χ3v) is 3.87. The van der Waals surface area contributed by atoms with Crippen LogP contribution in [-0.4, -0.2) is 48.2 Å². The van der Waals surface area contributed by atoms with Gasteiger partial charge >= 0.3 is 5.97 Å². The number of hydrogen-bond donors (Lipinski definition) is 2. The van der Waals surface area contributed by atoms with Crippen molar-refractivity contribution in [3.8, 4) is 0 Å². The lowest BCUT2D eigenvalue weighted by Crippen LogP contribution is -2.59. The molecule has 0 amide bonds. The van der Waals surface area contributed by atoms with E-state index in [2.05, 4.69) is 0 Å². The zero-order valence-corrected chi connectivity index (χ0v) is 9.28. The van der Waals surface area contributed by atoms with Crippen LogP contribution >= 0.6 is 0 Å². The summed E-state index contributed by atoms with van der Waals surface area (Å²) >= 11 is 0. The minimum atomic E-state index is -1.24. The SMILES string of the molecule is O=C(O)C1(C2(O)CCCOC2)CCOCC1. The molecular weight excluding hydrogens is 212 g/mol. The van der Waals surface area contributed by atoms with Gasteiger partial charge < -0.3 is 19.7 Å². The maximum Gasteiger partial charge on any atom is 0.312 e. The van der Waals surface area contributed by atoms with Crippen molar-refractivity contribution in [2.24, 2.45) is 5.41 Å². The number of ether oxygens (including phenoxy) is 2. The summed E-state index contributed by atoms with van der Waals surface area (Å²) in [6.07, 6.45) is 1.94. The molecule has 2 fully saturated rings. The summed E-state index contributed by atoms with van der Waals surface area (Å²) in [4.78, 5) is 11.5. The number of rotatable bonds is 2. The first kappa shape index (κ1) is 11.8. The van der Waals surface area contributed by atoms with Gasteiger partial charge in [0.2, 0.25) is 0 Å². The van der Waals surface area contributed by atoms with Gasteiger partial charge in [-0.1, -0.05) is 0 Å². The fourth-order valence-electron chi connectivity index (χ4n) is 2.76. The third-order valence-electron chi connectivity index (χ3n) is 3.87. The van der Waals surface area contributed by atoms with Crippen molar-refractivity contribution < 1.29 is 24.5 Å². The van der Waals surface area contributed by atoms with Crippen LogP contribution < -0.4 is 0 Å². The lowest BCUT2D eigenvalue weighted by molar-refractivity contribution is -0.207. The molecule has 0 radical (unpaired) electrons. The molecule has 0 aliphatic carbocycles. The molecule has 2 rings (SSSR count). The van der Waals surface area contributed by atoms with E-state index in [1.807, 2.05) is 0 Å². The van der Waals surface area contributed by atoms with E-state index in [1.54, 1.807) is 0 Å². The van der Waals surface area contributed by atoms with Gasteiger partial charge in [-0.25, -0.2) is 0 Å². The lowest BCUT2D eigenvalue weighted by atomic mass is 9.64. The number of carbonyl (C=O) groups is 1. The van der Waals surface area contributed by atoms with Gasteiger partial charge in [-0.3, -0.25) is 4.79 Å². The summed E-state index contributed by atoms with van der Waals surface area (Å²) in [6.45, 7) is 1.52. The highest BCUT2D eigenvalue weighted by Crippen LogP contribution is 2.45. The minimum Gasteiger partial charge on any atom is -0.481 e. The highest BCUT2D eigenvalue weighted by molar-refractivity contribution is 5.76. The summed E-state index contributed by atoms with van der Waals surface area (Å²) in [5, 5.41) is 20.0. The molecule has 1 atom stereocenters. The second-order valence-corrected chi connectivity index (χ2v) is 4.69. The molecule has 0 saturated carbocycles. The Morgan fingerprint density at radius 2 is 1.75 bits per heavy atom. The molecule has 0 bridgehead atoms. The first-order valence-electron chi connectivity index (χ1n) is 5.72. The van der Waals surface area contributed by atoms with Gasteiger partial charge in [0, 0.05) is 19.8 Å². The first-order valence-corrected chi connectivity index (χ1v) is 5.72. The van der Waals surface area contributed by atoms with Crippen molar-refractivity contribution in [2.75, 3.05) is 26.4 Å². The number of hydrogen-bond acceptors (Lipinski definition) is 4. The van der Waals surface area contributed by atoms with Gasteiger partial charge in [0.1, 0.15) is 11.0 Å². The van der Waals surface area contributed by atoms with Crippen LogP contribution in [0, 0.1) is 5.41 Å². The van der Waals surface area contributed by atoms with Crippen LogP contribution in [0.4, 0.5) is 0 Å². The molecule has 0 spiro atoms. The molecule has 2 aliphatic rings. The quantitative estimate of drug-likeness (QED) is 0.718. The third kappa shape index (κ3) is 1.73. The molecule has 2 aliphatic heterocycles. The van der Waals surface area contributed by atoms with E-state index in [4.69, 9.17) is 9.47 Å². The molecule has 5 heteroatoms. The van der Waals surface area contributed by atoms with Crippen molar-refractivity contribution >= 4 is 5.97 Å². The van der Waals surface area contributed by atoms with E-state index in [0.717, 1.165) is 0 Å². The number of aliphatic carboxylic acids is 1. The largest absolute Gasteiger partial charge is 0.481 e. The zero-order chi connectivity index (χ0) is 11.6. The van der Waals surface area contributed by atoms with Gasteiger partial charge in [0.05, 0.1) is 6.61 Å². The lowest BCUT2D eigenvalue weighted by Gasteiger charge is -2.47. The van der Waals surface area contributed by atoms with Gasteiger partial charge in [-0.2, -0.15) is 0 Å². The van der Waals surface area contributed by atoms with E-state index in [-0.39, 0.29) is 6.61 Å². The average molecular weight is 230 g/mol. The van der Waals surface area contributed by atoms with E-state index in [1.165, 1.54) is 0 Å². The molecule has 16 heavy (non-hydrogen) atoms. The molecular formula is C11H18O5. The Bertz CT molecular complexity index is 264. The van der Waals surface area contributed by atoms with Crippen LogP contribution in [0.15, 0.2) is 0 Å². The van der Waals surface area contributed by atoms with Crippen molar-refractivity contribution in [3.63, 3.8) is 0 Å². The molecule has 2 heterocycles. The number of aliphatic hydroxyl groups is 1. The molecule has 2 N–H and O–H groups in total. The summed E-state index contributed by atoms with van der Waals surface area (Å²) in [5.41, 5.74) is -2.33. The van der Waals surface area contributed by atoms with E-state index in [9.17, 15) is 15.0 Å². The average Bonchev–Trinajstić information content (AvgIpc) is 2.30. The van der Waals surface area contributed by atoms with Gasteiger partial charge in [-0.15, -0.1) is 0 Å². The van der Waals surface area contributed by atoms with Crippen molar-refractivity contribution in [2.45, 2.75) is 31.3 Å². The second kappa shape index (κ2) is 4.31. The first-order chi connectivity index (χ1) is 7.61. The fraction of sp³-hybridized carbons (Fsp3) is 0.909. The van der Waals surface area contributed by atoms with Crippen LogP contribution in [0.25, 0.3) is 0 Å². The standard InChI is InChI=1S/C11H18O5/c12-9(13)10(3-6-15-7-4-10)11(14)2-1-5-16-8-11/h14H,1-8H2,(H,12,13). The molecule has 0 aromatic carbocycles. The van der Waals surface area contributed by atoms with Crippen LogP contribution in [-0.2, 0) is 14.3 Å². The molecule has 5 nitrogen and oxygen atoms in total. The molecule has 1 unspecified atom stereocenters. The maximum atomic E-state index is 11.5. The van der Waals surface area contributed by atoms with Crippen LogP contribution in [0.5, 0.6) is 0 Å². The topological polar surface area (TPSA) is 76.0 Å².